The highest BCUT2D eigenvalue weighted by Gasteiger charge is 2.31. The van der Waals surface area contributed by atoms with E-state index in [4.69, 9.17) is 9.15 Å². The van der Waals surface area contributed by atoms with Crippen molar-refractivity contribution in [2.45, 2.75) is 17.8 Å². The van der Waals surface area contributed by atoms with Gasteiger partial charge >= 0.3 is 7.12 Å². The number of para-hydroxylation sites is 1. The molecule has 1 fully saturated rings. The van der Waals surface area contributed by atoms with Gasteiger partial charge < -0.3 is 24.5 Å². The quantitative estimate of drug-likeness (QED) is 0.697. The normalized spacial score (nSPS) is 19.3. The number of furan rings is 1. The summed E-state index contributed by atoms with van der Waals surface area (Å²) in [6.07, 6.45) is 1.84. The van der Waals surface area contributed by atoms with Crippen LogP contribution in [0.15, 0.2) is 34.9 Å². The minimum absolute atomic E-state index is 0.262. The smallest absolute Gasteiger partial charge is 0.464 e. The maximum absolute atomic E-state index is 12.0. The van der Waals surface area contributed by atoms with Gasteiger partial charge in [0.2, 0.25) is 0 Å². The van der Waals surface area contributed by atoms with Gasteiger partial charge in [-0.1, -0.05) is 18.2 Å². The summed E-state index contributed by atoms with van der Waals surface area (Å²) in [5.41, 5.74) is 0.959. The highest BCUT2D eigenvalue weighted by atomic mass is 32.2. The Morgan fingerprint density at radius 1 is 1.45 bits per heavy atom. The van der Waals surface area contributed by atoms with Gasteiger partial charge in [0.1, 0.15) is 5.58 Å². The first-order valence-electron chi connectivity index (χ1n) is 7.00. The van der Waals surface area contributed by atoms with Crippen molar-refractivity contribution in [3.8, 4) is 0 Å². The standard InChI is InChI=1S/C14H16BNO5S/c17-13(14-20-5-6-22-14)16-12(15(18)19)7-9-8-21-11-4-2-1-3-10(9)11/h1-4,8,12,14,18-19H,5-7H2,(H,16,17). The van der Waals surface area contributed by atoms with Crippen molar-refractivity contribution in [2.24, 2.45) is 0 Å². The van der Waals surface area contributed by atoms with Crippen LogP contribution in [0.25, 0.3) is 11.0 Å². The van der Waals surface area contributed by atoms with Crippen LogP contribution in [0.2, 0.25) is 0 Å². The lowest BCUT2D eigenvalue weighted by molar-refractivity contribution is -0.127. The summed E-state index contributed by atoms with van der Waals surface area (Å²) in [5, 5.41) is 22.6. The molecule has 2 aromatic rings. The van der Waals surface area contributed by atoms with E-state index in [0.29, 0.717) is 6.61 Å². The third-order valence-corrected chi connectivity index (χ3v) is 4.58. The largest absolute Gasteiger partial charge is 0.475 e. The van der Waals surface area contributed by atoms with Gasteiger partial charge in [-0.05, 0) is 18.1 Å². The topological polar surface area (TPSA) is 91.9 Å². The number of hydrogen-bond donors (Lipinski definition) is 3. The lowest BCUT2D eigenvalue weighted by Gasteiger charge is -2.19. The Morgan fingerprint density at radius 3 is 3.00 bits per heavy atom. The number of carbonyl (C=O) groups is 1. The fourth-order valence-corrected chi connectivity index (χ4v) is 3.24. The van der Waals surface area contributed by atoms with Crippen molar-refractivity contribution >= 4 is 35.8 Å². The van der Waals surface area contributed by atoms with Crippen LogP contribution in [0.1, 0.15) is 5.56 Å². The van der Waals surface area contributed by atoms with E-state index >= 15 is 0 Å². The van der Waals surface area contributed by atoms with Crippen molar-refractivity contribution < 1.29 is 24.0 Å². The molecule has 1 aliphatic rings. The van der Waals surface area contributed by atoms with Crippen LogP contribution in [0.4, 0.5) is 0 Å². The third kappa shape index (κ3) is 3.30. The lowest BCUT2D eigenvalue weighted by atomic mass is 9.76. The van der Waals surface area contributed by atoms with Crippen LogP contribution < -0.4 is 5.32 Å². The number of nitrogens with one attached hydrogen (secondary N) is 1. The first-order chi connectivity index (χ1) is 10.6. The number of amides is 1. The number of thioether (sulfide) groups is 1. The SMILES string of the molecule is O=C(NC(Cc1coc2ccccc12)B(O)O)C1OCCS1. The fraction of sp³-hybridized carbons (Fsp3) is 0.357. The molecule has 0 saturated carbocycles. The van der Waals surface area contributed by atoms with Crippen molar-refractivity contribution in [1.82, 2.24) is 5.32 Å². The summed E-state index contributed by atoms with van der Waals surface area (Å²) in [5.74, 6) is -0.400. The Morgan fingerprint density at radius 2 is 2.27 bits per heavy atom. The van der Waals surface area contributed by atoms with E-state index in [1.54, 1.807) is 6.26 Å². The molecule has 6 nitrogen and oxygen atoms in total. The molecule has 1 aromatic heterocycles. The van der Waals surface area contributed by atoms with E-state index in [1.165, 1.54) is 11.8 Å². The molecule has 2 atom stereocenters. The average molecular weight is 321 g/mol. The molecule has 1 aliphatic heterocycles. The Hall–Kier alpha value is -1.48. The number of hydrogen-bond acceptors (Lipinski definition) is 6. The van der Waals surface area contributed by atoms with Gasteiger partial charge in [-0.2, -0.15) is 0 Å². The van der Waals surface area contributed by atoms with Crippen LogP contribution in [0, 0.1) is 0 Å². The molecular formula is C14H16BNO5S. The summed E-state index contributed by atoms with van der Waals surface area (Å²) in [4.78, 5) is 12.0. The zero-order chi connectivity index (χ0) is 15.5. The van der Waals surface area contributed by atoms with Crippen molar-refractivity contribution in [1.29, 1.82) is 0 Å². The zero-order valence-corrected chi connectivity index (χ0v) is 12.6. The number of fused-ring (bicyclic) bond motifs is 1. The van der Waals surface area contributed by atoms with Gasteiger partial charge in [0.15, 0.2) is 5.44 Å². The second kappa shape index (κ2) is 6.74. The molecule has 8 heteroatoms. The molecule has 2 unspecified atom stereocenters. The van der Waals surface area contributed by atoms with Crippen LogP contribution in [-0.4, -0.2) is 46.8 Å². The Balaban J connectivity index is 1.72. The summed E-state index contributed by atoms with van der Waals surface area (Å²) < 4.78 is 10.7. The van der Waals surface area contributed by atoms with Crippen LogP contribution in [-0.2, 0) is 16.0 Å². The monoisotopic (exact) mass is 321 g/mol. The van der Waals surface area contributed by atoms with Crippen LogP contribution in [0.5, 0.6) is 0 Å². The summed E-state index contributed by atoms with van der Waals surface area (Å²) in [6.45, 7) is 0.529. The number of carbonyl (C=O) groups excluding carboxylic acids is 1. The van der Waals surface area contributed by atoms with Gasteiger partial charge in [-0.15, -0.1) is 11.8 Å². The predicted molar refractivity (Wildman–Crippen MR) is 84.2 cm³/mol. The van der Waals surface area contributed by atoms with E-state index in [1.807, 2.05) is 24.3 Å². The number of ether oxygens (including phenoxy) is 1. The highest BCUT2D eigenvalue weighted by molar-refractivity contribution is 8.00. The van der Waals surface area contributed by atoms with E-state index < -0.39 is 18.5 Å². The Kier molecular flexibility index (Phi) is 4.73. The molecule has 0 bridgehead atoms. The van der Waals surface area contributed by atoms with Crippen molar-refractivity contribution in [3.63, 3.8) is 0 Å². The van der Waals surface area contributed by atoms with Crippen molar-refractivity contribution in [3.05, 3.63) is 36.1 Å². The third-order valence-electron chi connectivity index (χ3n) is 3.52. The van der Waals surface area contributed by atoms with E-state index in [2.05, 4.69) is 5.32 Å². The molecule has 0 aliphatic carbocycles. The molecule has 1 saturated heterocycles. The molecular weight excluding hydrogens is 305 g/mol. The van der Waals surface area contributed by atoms with E-state index in [0.717, 1.165) is 22.3 Å². The molecule has 0 radical (unpaired) electrons. The maximum Gasteiger partial charge on any atom is 0.475 e. The Labute approximate surface area is 132 Å². The van der Waals surface area contributed by atoms with E-state index in [9.17, 15) is 14.8 Å². The van der Waals surface area contributed by atoms with Gasteiger partial charge in [0, 0.05) is 11.1 Å². The van der Waals surface area contributed by atoms with Crippen LogP contribution >= 0.6 is 11.8 Å². The number of benzene rings is 1. The second-order valence-corrected chi connectivity index (χ2v) is 6.23. The molecule has 1 aromatic carbocycles. The number of rotatable bonds is 5. The van der Waals surface area contributed by atoms with E-state index in [-0.39, 0.29) is 12.3 Å². The minimum Gasteiger partial charge on any atom is -0.464 e. The zero-order valence-electron chi connectivity index (χ0n) is 11.8. The molecule has 116 valence electrons. The predicted octanol–water partition coefficient (Wildman–Crippen LogP) is 0.562. The fourth-order valence-electron chi connectivity index (χ4n) is 2.42. The highest BCUT2D eigenvalue weighted by Crippen LogP contribution is 2.23. The molecule has 2 heterocycles. The molecule has 1 amide bonds. The van der Waals surface area contributed by atoms with Crippen LogP contribution in [0.3, 0.4) is 0 Å². The molecule has 3 N–H and O–H groups in total. The van der Waals surface area contributed by atoms with Gasteiger partial charge in [-0.3, -0.25) is 4.79 Å². The molecule has 3 rings (SSSR count). The second-order valence-electron chi connectivity index (χ2n) is 5.06. The van der Waals surface area contributed by atoms with Gasteiger partial charge in [-0.25, -0.2) is 0 Å². The summed E-state index contributed by atoms with van der Waals surface area (Å²) in [6, 6.07) is 7.48. The molecule has 0 spiro atoms. The molecule has 22 heavy (non-hydrogen) atoms. The Bertz CT molecular complexity index is 655. The lowest BCUT2D eigenvalue weighted by Crippen LogP contribution is -2.50. The minimum atomic E-state index is -1.66. The summed E-state index contributed by atoms with van der Waals surface area (Å²) >= 11 is 1.40. The van der Waals surface area contributed by atoms with Crippen molar-refractivity contribution in [2.75, 3.05) is 12.4 Å². The average Bonchev–Trinajstić information content (AvgIpc) is 3.16. The van der Waals surface area contributed by atoms with Gasteiger partial charge in [0.05, 0.1) is 18.8 Å². The first kappa shape index (κ1) is 15.4. The summed E-state index contributed by atoms with van der Waals surface area (Å²) in [7, 11) is -1.66. The maximum atomic E-state index is 12.0. The first-order valence-corrected chi connectivity index (χ1v) is 8.05. The van der Waals surface area contributed by atoms with Gasteiger partial charge in [0.25, 0.3) is 5.91 Å².